The molecule has 3 heterocycles. The highest BCUT2D eigenvalue weighted by molar-refractivity contribution is 6.06. The summed E-state index contributed by atoms with van der Waals surface area (Å²) in [6, 6.07) is 17.5. The first kappa shape index (κ1) is 16.6. The van der Waals surface area contributed by atoms with Crippen molar-refractivity contribution in [1.29, 1.82) is 0 Å². The minimum absolute atomic E-state index is 0.00941. The Morgan fingerprint density at radius 2 is 1.43 bits per heavy atom. The molecule has 1 aliphatic rings. The molecular weight excluding hydrogens is 352 g/mol. The molecule has 2 aromatic heterocycles. The number of H-pyrrole nitrogens is 2. The van der Waals surface area contributed by atoms with Gasteiger partial charge in [0.05, 0.1) is 5.56 Å². The molecule has 0 aliphatic carbocycles. The summed E-state index contributed by atoms with van der Waals surface area (Å²) in [4.78, 5) is 35.8. The van der Waals surface area contributed by atoms with Crippen LogP contribution in [0.15, 0.2) is 60.8 Å². The van der Waals surface area contributed by atoms with Gasteiger partial charge in [-0.1, -0.05) is 36.4 Å². The molecule has 2 N–H and O–H groups in total. The maximum absolute atomic E-state index is 12.9. The summed E-state index contributed by atoms with van der Waals surface area (Å²) in [7, 11) is 0. The zero-order valence-corrected chi connectivity index (χ0v) is 15.3. The van der Waals surface area contributed by atoms with Gasteiger partial charge in [-0.25, -0.2) is 0 Å². The van der Waals surface area contributed by atoms with E-state index in [-0.39, 0.29) is 11.8 Å². The van der Waals surface area contributed by atoms with Gasteiger partial charge < -0.3 is 19.8 Å². The number of carbonyl (C=O) groups is 2. The summed E-state index contributed by atoms with van der Waals surface area (Å²) < 4.78 is 0. The molecule has 0 unspecified atom stereocenters. The Kier molecular flexibility index (Phi) is 3.90. The second-order valence-electron chi connectivity index (χ2n) is 7.10. The van der Waals surface area contributed by atoms with E-state index < -0.39 is 0 Å². The highest BCUT2D eigenvalue weighted by atomic mass is 16.2. The molecular formula is C22H20N4O2. The highest BCUT2D eigenvalue weighted by Gasteiger charge is 2.27. The third-order valence-corrected chi connectivity index (χ3v) is 5.43. The fourth-order valence-corrected chi connectivity index (χ4v) is 3.89. The van der Waals surface area contributed by atoms with Crippen LogP contribution in [0.1, 0.15) is 20.8 Å². The summed E-state index contributed by atoms with van der Waals surface area (Å²) in [5.41, 5.74) is 3.20. The Labute approximate surface area is 161 Å². The van der Waals surface area contributed by atoms with E-state index in [1.807, 2.05) is 64.4 Å². The molecule has 1 saturated heterocycles. The number of benzene rings is 2. The second kappa shape index (κ2) is 6.56. The maximum Gasteiger partial charge on any atom is 0.270 e. The van der Waals surface area contributed by atoms with Crippen molar-refractivity contribution in [2.75, 3.05) is 26.2 Å². The van der Waals surface area contributed by atoms with Gasteiger partial charge in [0.15, 0.2) is 0 Å². The molecule has 0 spiro atoms. The first-order valence-electron chi connectivity index (χ1n) is 9.43. The number of amides is 2. The van der Waals surface area contributed by atoms with Gasteiger partial charge in [0.2, 0.25) is 0 Å². The van der Waals surface area contributed by atoms with Crippen molar-refractivity contribution in [3.8, 4) is 0 Å². The van der Waals surface area contributed by atoms with Crippen LogP contribution < -0.4 is 0 Å². The molecule has 6 heteroatoms. The van der Waals surface area contributed by atoms with E-state index in [2.05, 4.69) is 9.97 Å². The monoisotopic (exact) mass is 372 g/mol. The minimum Gasteiger partial charge on any atom is -0.360 e. The Bertz CT molecular complexity index is 1150. The van der Waals surface area contributed by atoms with Crippen LogP contribution in [0.2, 0.25) is 0 Å². The van der Waals surface area contributed by atoms with Crippen LogP contribution >= 0.6 is 0 Å². The number of aromatic nitrogens is 2. The number of nitrogens with zero attached hydrogens (tertiary/aromatic N) is 2. The van der Waals surface area contributed by atoms with E-state index in [1.54, 1.807) is 6.20 Å². The fraction of sp³-hybridized carbons (Fsp3) is 0.182. The Morgan fingerprint density at radius 1 is 0.786 bits per heavy atom. The lowest BCUT2D eigenvalue weighted by Crippen LogP contribution is -2.50. The van der Waals surface area contributed by atoms with Crippen molar-refractivity contribution in [3.63, 3.8) is 0 Å². The van der Waals surface area contributed by atoms with Crippen LogP contribution in [-0.2, 0) is 0 Å². The van der Waals surface area contributed by atoms with Gasteiger partial charge in [0.25, 0.3) is 11.8 Å². The third-order valence-electron chi connectivity index (χ3n) is 5.43. The van der Waals surface area contributed by atoms with Crippen LogP contribution in [0.25, 0.3) is 21.8 Å². The molecule has 1 aliphatic heterocycles. The number of piperazine rings is 1. The van der Waals surface area contributed by atoms with Gasteiger partial charge in [-0.05, 0) is 18.2 Å². The van der Waals surface area contributed by atoms with Crippen molar-refractivity contribution < 1.29 is 9.59 Å². The number of para-hydroxylation sites is 2. The quantitative estimate of drug-likeness (QED) is 0.567. The van der Waals surface area contributed by atoms with Crippen molar-refractivity contribution in [1.82, 2.24) is 19.8 Å². The number of nitrogens with one attached hydrogen (secondary N) is 2. The number of fused-ring (bicyclic) bond motifs is 2. The van der Waals surface area contributed by atoms with Crippen LogP contribution in [0.5, 0.6) is 0 Å². The van der Waals surface area contributed by atoms with E-state index in [1.165, 1.54) is 0 Å². The van der Waals surface area contributed by atoms with Gasteiger partial charge >= 0.3 is 0 Å². The first-order chi connectivity index (χ1) is 13.7. The molecule has 140 valence electrons. The number of carbonyl (C=O) groups excluding carboxylic acids is 2. The van der Waals surface area contributed by atoms with E-state index in [9.17, 15) is 9.59 Å². The zero-order valence-electron chi connectivity index (χ0n) is 15.3. The average molecular weight is 372 g/mol. The lowest BCUT2D eigenvalue weighted by molar-refractivity contribution is 0.0534. The second-order valence-corrected chi connectivity index (χ2v) is 7.10. The van der Waals surface area contributed by atoms with Crippen molar-refractivity contribution in [2.24, 2.45) is 0 Å². The van der Waals surface area contributed by atoms with Crippen LogP contribution in [-0.4, -0.2) is 57.8 Å². The van der Waals surface area contributed by atoms with Gasteiger partial charge in [-0.2, -0.15) is 0 Å². The molecule has 2 aromatic carbocycles. The molecule has 4 aromatic rings. The third kappa shape index (κ3) is 2.74. The Hall–Kier alpha value is -3.54. The van der Waals surface area contributed by atoms with Crippen molar-refractivity contribution in [3.05, 3.63) is 72.1 Å². The zero-order chi connectivity index (χ0) is 19.1. The first-order valence-corrected chi connectivity index (χ1v) is 9.43. The molecule has 2 amide bonds. The minimum atomic E-state index is -0.0182. The predicted octanol–water partition coefficient (Wildman–Crippen LogP) is 3.25. The molecule has 6 nitrogen and oxygen atoms in total. The van der Waals surface area contributed by atoms with E-state index >= 15 is 0 Å². The lowest BCUT2D eigenvalue weighted by Gasteiger charge is -2.34. The number of rotatable bonds is 2. The summed E-state index contributed by atoms with van der Waals surface area (Å²) >= 11 is 0. The molecule has 0 atom stereocenters. The van der Waals surface area contributed by atoms with Crippen LogP contribution in [0, 0.1) is 0 Å². The van der Waals surface area contributed by atoms with Crippen LogP contribution in [0.4, 0.5) is 0 Å². The standard InChI is InChI=1S/C22H20N4O2/c27-21(17-14-23-19-8-4-2-6-16(17)19)25-9-11-26(12-10-25)22(28)20-13-15-5-1-3-7-18(15)24-20/h1-8,13-14,23-24H,9-12H2. The SMILES string of the molecule is O=C(c1cc2ccccc2[nH]1)N1CCN(C(=O)c2c[nH]c3ccccc23)CC1. The molecule has 0 saturated carbocycles. The summed E-state index contributed by atoms with van der Waals surface area (Å²) in [6.07, 6.45) is 1.77. The number of aromatic amines is 2. The normalized spacial score (nSPS) is 14.7. The van der Waals surface area contributed by atoms with Gasteiger partial charge in [-0.3, -0.25) is 9.59 Å². The molecule has 28 heavy (non-hydrogen) atoms. The van der Waals surface area contributed by atoms with E-state index in [0.29, 0.717) is 37.4 Å². The number of hydrogen-bond acceptors (Lipinski definition) is 2. The van der Waals surface area contributed by atoms with E-state index in [4.69, 9.17) is 0 Å². The highest BCUT2D eigenvalue weighted by Crippen LogP contribution is 2.21. The summed E-state index contributed by atoms with van der Waals surface area (Å²) in [5, 5.41) is 1.96. The fourth-order valence-electron chi connectivity index (χ4n) is 3.89. The van der Waals surface area contributed by atoms with Gasteiger partial charge in [-0.15, -0.1) is 0 Å². The summed E-state index contributed by atoms with van der Waals surface area (Å²) in [6.45, 7) is 2.12. The molecule has 0 radical (unpaired) electrons. The average Bonchev–Trinajstić information content (AvgIpc) is 3.37. The van der Waals surface area contributed by atoms with Gasteiger partial charge in [0.1, 0.15) is 5.69 Å². The summed E-state index contributed by atoms with van der Waals surface area (Å²) in [5.74, 6) is -0.00875. The lowest BCUT2D eigenvalue weighted by atomic mass is 10.1. The van der Waals surface area contributed by atoms with Crippen LogP contribution in [0.3, 0.4) is 0 Å². The van der Waals surface area contributed by atoms with E-state index in [0.717, 1.165) is 21.8 Å². The number of hydrogen-bond donors (Lipinski definition) is 2. The van der Waals surface area contributed by atoms with Crippen molar-refractivity contribution in [2.45, 2.75) is 0 Å². The largest absolute Gasteiger partial charge is 0.360 e. The smallest absolute Gasteiger partial charge is 0.270 e. The molecule has 5 rings (SSSR count). The predicted molar refractivity (Wildman–Crippen MR) is 108 cm³/mol. The molecule has 1 fully saturated rings. The maximum atomic E-state index is 12.9. The topological polar surface area (TPSA) is 72.2 Å². The van der Waals surface area contributed by atoms with Gasteiger partial charge in [0, 0.05) is 54.2 Å². The Morgan fingerprint density at radius 3 is 2.18 bits per heavy atom. The van der Waals surface area contributed by atoms with Crippen molar-refractivity contribution >= 4 is 33.6 Å². The Balaban J connectivity index is 1.29. The molecule has 0 bridgehead atoms.